The Balaban J connectivity index is 2.62. The Labute approximate surface area is 73.6 Å². The van der Waals surface area contributed by atoms with E-state index in [4.69, 9.17) is 0 Å². The zero-order valence-electron chi connectivity index (χ0n) is 5.75. The van der Waals surface area contributed by atoms with Gasteiger partial charge in [-0.05, 0) is 6.92 Å². The molecule has 0 unspecified atom stereocenters. The zero-order valence-corrected chi connectivity index (χ0v) is 7.91. The van der Waals surface area contributed by atoms with Crippen LogP contribution in [0.5, 0.6) is 0 Å². The summed E-state index contributed by atoms with van der Waals surface area (Å²) < 4.78 is 0.285. The molecule has 0 aromatic heterocycles. The van der Waals surface area contributed by atoms with Crippen LogP contribution in [-0.4, -0.2) is 27.6 Å². The Hall–Kier alpha value is -0.130. The predicted octanol–water partition coefficient (Wildman–Crippen LogP) is 1.03. The largest absolute Gasteiger partial charge is 0.273 e. The maximum atomic E-state index is 11.0. The summed E-state index contributed by atoms with van der Waals surface area (Å²) in [5, 5.41) is 5.46. The molecule has 0 radical (unpaired) electrons. The number of alkyl halides is 1. The average molecular weight is 252 g/mol. The van der Waals surface area contributed by atoms with Crippen LogP contribution in [0.25, 0.3) is 0 Å². The molecule has 0 bridgehead atoms. The van der Waals surface area contributed by atoms with Crippen molar-refractivity contribution in [2.24, 2.45) is 5.10 Å². The van der Waals surface area contributed by atoms with Crippen LogP contribution in [0.4, 0.5) is 0 Å². The minimum absolute atomic E-state index is 0.129. The highest BCUT2D eigenvalue weighted by molar-refractivity contribution is 14.1. The van der Waals surface area contributed by atoms with E-state index in [1.807, 2.05) is 13.1 Å². The van der Waals surface area contributed by atoms with Crippen molar-refractivity contribution < 1.29 is 4.79 Å². The van der Waals surface area contributed by atoms with Gasteiger partial charge in [-0.1, -0.05) is 22.6 Å². The zero-order chi connectivity index (χ0) is 7.56. The summed E-state index contributed by atoms with van der Waals surface area (Å²) in [5.74, 6) is 0.129. The summed E-state index contributed by atoms with van der Waals surface area (Å²) >= 11 is 2.20. The van der Waals surface area contributed by atoms with E-state index >= 15 is 0 Å². The van der Waals surface area contributed by atoms with Gasteiger partial charge in [-0.15, -0.1) is 0 Å². The van der Waals surface area contributed by atoms with Crippen molar-refractivity contribution in [3.8, 4) is 0 Å². The third-order valence-corrected chi connectivity index (χ3v) is 2.09. The molecule has 1 aliphatic heterocycles. The van der Waals surface area contributed by atoms with Crippen LogP contribution in [0.3, 0.4) is 0 Å². The van der Waals surface area contributed by atoms with Crippen LogP contribution in [0.1, 0.15) is 13.3 Å². The average Bonchev–Trinajstić information content (AvgIpc) is 1.88. The third-order valence-electron chi connectivity index (χ3n) is 1.32. The lowest BCUT2D eigenvalue weighted by atomic mass is 10.3. The fourth-order valence-corrected chi connectivity index (χ4v) is 1.32. The maximum absolute atomic E-state index is 11.0. The predicted molar refractivity (Wildman–Crippen MR) is 48.3 cm³/mol. The smallest absolute Gasteiger partial charge is 0.244 e. The molecule has 1 rings (SSSR count). The highest BCUT2D eigenvalue weighted by Gasteiger charge is 2.18. The second-order valence-electron chi connectivity index (χ2n) is 2.09. The molecule has 0 spiro atoms. The first kappa shape index (κ1) is 7.97. The Morgan fingerprint density at radius 2 is 2.70 bits per heavy atom. The normalized spacial score (nSPS) is 25.6. The molecular formula is C6H9IN2O. The number of hydrogen-bond donors (Lipinski definition) is 0. The lowest BCUT2D eigenvalue weighted by molar-refractivity contribution is -0.131. The van der Waals surface area contributed by atoms with Gasteiger partial charge in [-0.25, -0.2) is 5.01 Å². The van der Waals surface area contributed by atoms with E-state index in [1.54, 1.807) is 0 Å². The lowest BCUT2D eigenvalue weighted by Crippen LogP contribution is -2.32. The minimum atomic E-state index is 0.129. The molecule has 0 fully saturated rings. The van der Waals surface area contributed by atoms with Crippen LogP contribution >= 0.6 is 22.6 Å². The number of hydrogen-bond acceptors (Lipinski definition) is 2. The fourth-order valence-electron chi connectivity index (χ4n) is 0.800. The van der Waals surface area contributed by atoms with Crippen LogP contribution in [0.2, 0.25) is 0 Å². The SMILES string of the molecule is CCN1N=C[C@H](I)CC1=O. The van der Waals surface area contributed by atoms with E-state index in [2.05, 4.69) is 27.7 Å². The summed E-state index contributed by atoms with van der Waals surface area (Å²) in [6, 6.07) is 0. The van der Waals surface area contributed by atoms with Crippen LogP contribution in [-0.2, 0) is 4.79 Å². The maximum Gasteiger partial charge on any atom is 0.244 e. The molecule has 0 saturated carbocycles. The quantitative estimate of drug-likeness (QED) is 0.506. The fraction of sp³-hybridized carbons (Fsp3) is 0.667. The van der Waals surface area contributed by atoms with Gasteiger partial charge in [-0.2, -0.15) is 5.10 Å². The van der Waals surface area contributed by atoms with E-state index in [-0.39, 0.29) is 9.83 Å². The molecule has 0 aromatic rings. The molecule has 1 amide bonds. The molecule has 0 aromatic carbocycles. The highest BCUT2D eigenvalue weighted by Crippen LogP contribution is 2.11. The molecule has 0 aliphatic carbocycles. The first-order valence-corrected chi connectivity index (χ1v) is 4.47. The molecule has 4 heteroatoms. The van der Waals surface area contributed by atoms with Crippen molar-refractivity contribution in [3.05, 3.63) is 0 Å². The van der Waals surface area contributed by atoms with Crippen LogP contribution in [0.15, 0.2) is 5.10 Å². The number of carbonyl (C=O) groups excluding carboxylic acids is 1. The number of rotatable bonds is 1. The van der Waals surface area contributed by atoms with E-state index in [0.29, 0.717) is 13.0 Å². The van der Waals surface area contributed by atoms with Gasteiger partial charge < -0.3 is 0 Å². The number of amides is 1. The molecule has 3 nitrogen and oxygen atoms in total. The van der Waals surface area contributed by atoms with Gasteiger partial charge in [0.2, 0.25) is 5.91 Å². The minimum Gasteiger partial charge on any atom is -0.273 e. The second kappa shape index (κ2) is 3.32. The van der Waals surface area contributed by atoms with Crippen molar-refractivity contribution >= 4 is 34.7 Å². The summed E-state index contributed by atoms with van der Waals surface area (Å²) in [5.41, 5.74) is 0. The first-order valence-electron chi connectivity index (χ1n) is 3.22. The van der Waals surface area contributed by atoms with Crippen molar-refractivity contribution in [1.29, 1.82) is 0 Å². The Morgan fingerprint density at radius 3 is 3.20 bits per heavy atom. The summed E-state index contributed by atoms with van der Waals surface area (Å²) in [7, 11) is 0. The number of halogens is 1. The van der Waals surface area contributed by atoms with E-state index in [1.165, 1.54) is 5.01 Å². The first-order chi connectivity index (χ1) is 4.74. The van der Waals surface area contributed by atoms with E-state index < -0.39 is 0 Å². The van der Waals surface area contributed by atoms with Gasteiger partial charge in [0.1, 0.15) is 0 Å². The van der Waals surface area contributed by atoms with Gasteiger partial charge in [0.25, 0.3) is 0 Å². The highest BCUT2D eigenvalue weighted by atomic mass is 127. The molecular weight excluding hydrogens is 243 g/mol. The van der Waals surface area contributed by atoms with Crippen molar-refractivity contribution in [1.82, 2.24) is 5.01 Å². The van der Waals surface area contributed by atoms with Gasteiger partial charge in [0, 0.05) is 19.2 Å². The molecule has 56 valence electrons. The standard InChI is InChI=1S/C6H9IN2O/c1-2-9-6(10)3-5(7)4-8-9/h4-5H,2-3H2,1H3/t5-/m1/s1. The van der Waals surface area contributed by atoms with Gasteiger partial charge >= 0.3 is 0 Å². The molecule has 0 saturated heterocycles. The van der Waals surface area contributed by atoms with Crippen LogP contribution < -0.4 is 0 Å². The molecule has 10 heavy (non-hydrogen) atoms. The van der Waals surface area contributed by atoms with Crippen LogP contribution in [0, 0.1) is 0 Å². The van der Waals surface area contributed by atoms with Crippen molar-refractivity contribution in [3.63, 3.8) is 0 Å². The van der Waals surface area contributed by atoms with Gasteiger partial charge in [0.05, 0.1) is 3.92 Å². The van der Waals surface area contributed by atoms with Crippen molar-refractivity contribution in [2.45, 2.75) is 17.3 Å². The topological polar surface area (TPSA) is 32.7 Å². The number of carbonyl (C=O) groups is 1. The Bertz CT molecular complexity index is 169. The van der Waals surface area contributed by atoms with E-state index in [9.17, 15) is 4.79 Å². The second-order valence-corrected chi connectivity index (χ2v) is 3.69. The number of nitrogens with zero attached hydrogens (tertiary/aromatic N) is 2. The summed E-state index contributed by atoms with van der Waals surface area (Å²) in [6.07, 6.45) is 2.41. The van der Waals surface area contributed by atoms with Gasteiger partial charge in [0.15, 0.2) is 0 Å². The summed E-state index contributed by atoms with van der Waals surface area (Å²) in [4.78, 5) is 11.0. The van der Waals surface area contributed by atoms with Gasteiger partial charge in [-0.3, -0.25) is 4.79 Å². The lowest BCUT2D eigenvalue weighted by Gasteiger charge is -2.19. The molecule has 1 atom stereocenters. The Morgan fingerprint density at radius 1 is 2.00 bits per heavy atom. The summed E-state index contributed by atoms with van der Waals surface area (Å²) in [6.45, 7) is 2.60. The molecule has 1 aliphatic rings. The van der Waals surface area contributed by atoms with Crippen molar-refractivity contribution in [2.75, 3.05) is 6.54 Å². The molecule has 0 N–H and O–H groups in total. The number of hydrazone groups is 1. The monoisotopic (exact) mass is 252 g/mol. The third kappa shape index (κ3) is 1.68. The Kier molecular flexibility index (Phi) is 2.64. The van der Waals surface area contributed by atoms with E-state index in [0.717, 1.165) is 0 Å². The molecule has 1 heterocycles.